The van der Waals surface area contributed by atoms with Gasteiger partial charge in [0.1, 0.15) is 0 Å². The second kappa shape index (κ2) is 25.3. The third kappa shape index (κ3) is 13.2. The van der Waals surface area contributed by atoms with E-state index in [4.69, 9.17) is 0 Å². The molecule has 0 aliphatic carbocycles. The average molecular weight is 1300 g/mol. The summed E-state index contributed by atoms with van der Waals surface area (Å²) in [4.78, 5) is 8.13. The maximum absolute atomic E-state index is 2.73. The quantitative estimate of drug-likeness (QED) is 0.107. The predicted octanol–water partition coefficient (Wildman–Crippen LogP) is 25.7. The topological polar surface area (TPSA) is 9.72 Å². The molecule has 3 nitrogen and oxygen atoms in total. The van der Waals surface area contributed by atoms with Crippen LogP contribution in [-0.2, 0) is 43.3 Å². The molecule has 11 rings (SSSR count). The lowest BCUT2D eigenvalue weighted by Crippen LogP contribution is -2.61. The Bertz CT molecular complexity index is 4110. The molecule has 0 aromatic heterocycles. The number of nitrogens with zero attached hydrogens (tertiary/aromatic N) is 3. The maximum atomic E-state index is 2.73. The summed E-state index contributed by atoms with van der Waals surface area (Å²) in [5.41, 5.74) is 35.0. The molecule has 0 bridgehead atoms. The van der Waals surface area contributed by atoms with Crippen LogP contribution in [0.4, 0.5) is 51.2 Å². The number of benzene rings is 9. The van der Waals surface area contributed by atoms with E-state index in [0.29, 0.717) is 0 Å². The highest BCUT2D eigenvalue weighted by Gasteiger charge is 2.46. The van der Waals surface area contributed by atoms with Crippen LogP contribution in [0.5, 0.6) is 0 Å². The van der Waals surface area contributed by atoms with Gasteiger partial charge in [0.2, 0.25) is 0 Å². The maximum Gasteiger partial charge on any atom is 0.252 e. The fourth-order valence-electron chi connectivity index (χ4n) is 15.6. The van der Waals surface area contributed by atoms with Crippen LogP contribution in [0.1, 0.15) is 259 Å². The third-order valence-corrected chi connectivity index (χ3v) is 23.2. The van der Waals surface area contributed by atoms with Gasteiger partial charge in [-0.25, -0.2) is 0 Å². The summed E-state index contributed by atoms with van der Waals surface area (Å²) in [6.07, 6.45) is 4.26. The molecule has 512 valence electrons. The van der Waals surface area contributed by atoms with Crippen LogP contribution in [0, 0.1) is 27.7 Å². The van der Waals surface area contributed by atoms with E-state index in [1.807, 2.05) is 0 Å². The fourth-order valence-corrected chi connectivity index (χ4v) is 15.6. The van der Waals surface area contributed by atoms with Crippen molar-refractivity contribution in [1.82, 2.24) is 0 Å². The molecule has 0 radical (unpaired) electrons. The van der Waals surface area contributed by atoms with Crippen LogP contribution in [0.3, 0.4) is 0 Å². The molecule has 9 aromatic carbocycles. The third-order valence-electron chi connectivity index (χ3n) is 23.2. The molecule has 4 heteroatoms. The van der Waals surface area contributed by atoms with Crippen LogP contribution < -0.4 is 31.1 Å². The van der Waals surface area contributed by atoms with Gasteiger partial charge in [-0.05, 0) is 251 Å². The first-order chi connectivity index (χ1) is 45.5. The summed E-state index contributed by atoms with van der Waals surface area (Å²) in [5, 5.41) is 0. The van der Waals surface area contributed by atoms with E-state index in [1.165, 1.54) is 140 Å². The van der Waals surface area contributed by atoms with Gasteiger partial charge in [0.15, 0.2) is 0 Å². The molecular formula is C94H118BN3. The van der Waals surface area contributed by atoms with E-state index >= 15 is 0 Å². The monoisotopic (exact) mass is 1300 g/mol. The molecule has 9 aromatic rings. The lowest BCUT2D eigenvalue weighted by Gasteiger charge is -2.46. The molecule has 98 heavy (non-hydrogen) atoms. The summed E-state index contributed by atoms with van der Waals surface area (Å²) in [6, 6.07) is 64.3. The minimum absolute atomic E-state index is 0.0279. The van der Waals surface area contributed by atoms with E-state index in [0.717, 1.165) is 42.7 Å². The predicted molar refractivity (Wildman–Crippen MR) is 433 cm³/mol. The van der Waals surface area contributed by atoms with Gasteiger partial charge in [-0.1, -0.05) is 275 Å². The Morgan fingerprint density at radius 1 is 0.276 bits per heavy atom. The van der Waals surface area contributed by atoms with E-state index in [1.54, 1.807) is 0 Å². The Kier molecular flexibility index (Phi) is 18.5. The Morgan fingerprint density at radius 3 is 0.806 bits per heavy atom. The average Bonchev–Trinajstić information content (AvgIpc) is 0.689. The lowest BCUT2D eigenvalue weighted by atomic mass is 9.33. The minimum Gasteiger partial charge on any atom is -0.311 e. The van der Waals surface area contributed by atoms with Crippen molar-refractivity contribution in [2.75, 3.05) is 14.7 Å². The van der Waals surface area contributed by atoms with E-state index in [2.05, 4.69) is 366 Å². The summed E-state index contributed by atoms with van der Waals surface area (Å²) in [7, 11) is 0. The molecule has 0 atom stereocenters. The fraction of sp³-hybridized carbons (Fsp3) is 0.426. The zero-order valence-corrected chi connectivity index (χ0v) is 65.8. The number of hydrogen-bond acceptors (Lipinski definition) is 3. The van der Waals surface area contributed by atoms with Crippen molar-refractivity contribution in [2.24, 2.45) is 0 Å². The van der Waals surface area contributed by atoms with Gasteiger partial charge in [0, 0.05) is 34.1 Å². The Morgan fingerprint density at radius 2 is 0.541 bits per heavy atom. The van der Waals surface area contributed by atoms with Crippen LogP contribution in [-0.4, -0.2) is 6.71 Å². The minimum atomic E-state index is -0.164. The normalized spacial score (nSPS) is 13.8. The molecule has 0 N–H and O–H groups in total. The molecule has 0 saturated carbocycles. The lowest BCUT2D eigenvalue weighted by molar-refractivity contribution is 0.438. The van der Waals surface area contributed by atoms with Gasteiger partial charge in [-0.2, -0.15) is 0 Å². The second-order valence-electron chi connectivity index (χ2n) is 36.5. The number of hydrogen-bond donors (Lipinski definition) is 0. The van der Waals surface area contributed by atoms with Crippen LogP contribution in [0.25, 0.3) is 22.3 Å². The Balaban J connectivity index is 1.37. The largest absolute Gasteiger partial charge is 0.311 e. The summed E-state index contributed by atoms with van der Waals surface area (Å²) in [5.74, 6) is 0. The van der Waals surface area contributed by atoms with Crippen LogP contribution in [0.15, 0.2) is 158 Å². The van der Waals surface area contributed by atoms with E-state index in [9.17, 15) is 0 Å². The van der Waals surface area contributed by atoms with Gasteiger partial charge in [-0.3, -0.25) is 0 Å². The molecule has 0 fully saturated rings. The van der Waals surface area contributed by atoms with Gasteiger partial charge >= 0.3 is 0 Å². The van der Waals surface area contributed by atoms with Gasteiger partial charge in [0.05, 0.1) is 17.1 Å². The second-order valence-corrected chi connectivity index (χ2v) is 36.5. The highest BCUT2D eigenvalue weighted by molar-refractivity contribution is 7.00. The first-order valence-electron chi connectivity index (χ1n) is 37.2. The van der Waals surface area contributed by atoms with Crippen molar-refractivity contribution in [1.29, 1.82) is 0 Å². The molecule has 0 saturated heterocycles. The summed E-state index contributed by atoms with van der Waals surface area (Å²) in [6.45, 7) is 66.3. The standard InChI is InChI=1S/C94H118BN3/c1-29-93(27,30-2)73-45-59(5)85(60(6)46-73)97-80-43-37-65(63-33-39-67(40-34-63)87(9,10)11)49-78(80)95-79-50-66(64-35-41-68(42-36-64)88(12,13)14)38-44-81(79)98(86-61(7)47-74(48-62(86)8)94(28,31-3)32-4)83-58-77(57-82(97)84(83)95)96(75-53-69(89(15,16)17)51-70(54-75)90(18,19)20)76-55-71(91(21,22)23)52-72(56-76)92(24,25)26/h33-58H,29-32H2,1-28H3. The molecular weight excluding hydrogens is 1180 g/mol. The molecule has 2 aliphatic rings. The smallest absolute Gasteiger partial charge is 0.252 e. The SMILES string of the molecule is CCC(C)(CC)c1cc(C)c(N2c3ccc(-c4ccc(C(C)(C)C)cc4)cc3B3c4cc(-c5ccc(C(C)(C)C)cc5)ccc4N(c4c(C)cc(C(C)(CC)CC)cc4C)c4cc(N(c5cc(C(C)(C)C)cc(C(C)(C)C)c5)c5cc(C(C)(C)C)cc(C(C)(C)C)c5)cc2c43)c(C)c1. The van der Waals surface area contributed by atoms with E-state index < -0.39 is 0 Å². The molecule has 0 unspecified atom stereocenters. The molecule has 2 heterocycles. The van der Waals surface area contributed by atoms with E-state index in [-0.39, 0.29) is 50.0 Å². The number of aryl methyl sites for hydroxylation is 4. The first kappa shape index (κ1) is 71.7. The zero-order chi connectivity index (χ0) is 71.7. The van der Waals surface area contributed by atoms with Gasteiger partial charge in [-0.15, -0.1) is 0 Å². The highest BCUT2D eigenvalue weighted by Crippen LogP contribution is 2.53. The van der Waals surface area contributed by atoms with Crippen LogP contribution >= 0.6 is 0 Å². The first-order valence-corrected chi connectivity index (χ1v) is 37.2. The number of anilines is 9. The van der Waals surface area contributed by atoms with Crippen molar-refractivity contribution >= 4 is 74.3 Å². The molecule has 2 aliphatic heterocycles. The Labute approximate surface area is 595 Å². The Hall–Kier alpha value is -7.56. The van der Waals surface area contributed by atoms with Crippen molar-refractivity contribution < 1.29 is 0 Å². The zero-order valence-electron chi connectivity index (χ0n) is 65.8. The highest BCUT2D eigenvalue weighted by atomic mass is 15.2. The number of fused-ring (bicyclic) bond motifs is 4. The van der Waals surface area contributed by atoms with Crippen LogP contribution in [0.2, 0.25) is 0 Å². The van der Waals surface area contributed by atoms with Gasteiger partial charge in [0.25, 0.3) is 6.71 Å². The number of rotatable bonds is 13. The van der Waals surface area contributed by atoms with Gasteiger partial charge < -0.3 is 14.7 Å². The summed E-state index contributed by atoms with van der Waals surface area (Å²) >= 11 is 0. The van der Waals surface area contributed by atoms with Crippen molar-refractivity contribution in [3.8, 4) is 22.3 Å². The van der Waals surface area contributed by atoms with Crippen molar-refractivity contribution in [3.05, 3.63) is 224 Å². The van der Waals surface area contributed by atoms with Crippen molar-refractivity contribution in [2.45, 2.75) is 263 Å². The molecule has 0 spiro atoms. The molecule has 0 amide bonds. The van der Waals surface area contributed by atoms with Crippen molar-refractivity contribution in [3.63, 3.8) is 0 Å². The summed E-state index contributed by atoms with van der Waals surface area (Å²) < 4.78 is 0.